The molecule has 3 aliphatic rings. The summed E-state index contributed by atoms with van der Waals surface area (Å²) in [5, 5.41) is 0. The third-order valence-corrected chi connectivity index (χ3v) is 4.86. The molecule has 2 aliphatic heterocycles. The molecule has 3 nitrogen and oxygen atoms in total. The molecule has 0 radical (unpaired) electrons. The molecule has 1 saturated carbocycles. The fourth-order valence-corrected chi connectivity index (χ4v) is 4.32. The standard InChI is InChI=1S/C12H19NO2/c1-15-11(14)10-8-9-4-2-5-12(9)6-3-7-13(10)12/h9-10H,2-8H2,1H3/t9?,10-,12-/m0/s1. The van der Waals surface area contributed by atoms with E-state index in [0.29, 0.717) is 5.54 Å². The molecular weight excluding hydrogens is 190 g/mol. The number of nitrogens with zero attached hydrogens (tertiary/aromatic N) is 1. The van der Waals surface area contributed by atoms with Crippen molar-refractivity contribution in [2.75, 3.05) is 13.7 Å². The molecule has 3 rings (SSSR count). The minimum atomic E-state index is -0.00863. The zero-order valence-electron chi connectivity index (χ0n) is 9.37. The summed E-state index contributed by atoms with van der Waals surface area (Å²) in [6.45, 7) is 1.11. The average molecular weight is 209 g/mol. The zero-order chi connectivity index (χ0) is 10.5. The van der Waals surface area contributed by atoms with Crippen LogP contribution in [0.3, 0.4) is 0 Å². The first kappa shape index (κ1) is 9.64. The van der Waals surface area contributed by atoms with Gasteiger partial charge in [-0.25, -0.2) is 0 Å². The van der Waals surface area contributed by atoms with Gasteiger partial charge < -0.3 is 4.74 Å². The highest BCUT2D eigenvalue weighted by molar-refractivity contribution is 5.76. The number of esters is 1. The maximum atomic E-state index is 11.7. The SMILES string of the molecule is COC(=O)[C@@H]1CC2CCC[C@]23CCCN13. The van der Waals surface area contributed by atoms with Gasteiger partial charge in [0.15, 0.2) is 0 Å². The molecule has 15 heavy (non-hydrogen) atoms. The molecule has 0 aromatic heterocycles. The number of hydrogen-bond acceptors (Lipinski definition) is 3. The van der Waals surface area contributed by atoms with Crippen molar-refractivity contribution < 1.29 is 9.53 Å². The maximum absolute atomic E-state index is 11.7. The molecule has 0 aromatic carbocycles. The lowest BCUT2D eigenvalue weighted by Gasteiger charge is -2.33. The maximum Gasteiger partial charge on any atom is 0.323 e. The average Bonchev–Trinajstić information content (AvgIpc) is 2.86. The molecule has 1 aliphatic carbocycles. The highest BCUT2D eigenvalue weighted by atomic mass is 16.5. The molecule has 2 saturated heterocycles. The van der Waals surface area contributed by atoms with Crippen LogP contribution in [0.15, 0.2) is 0 Å². The van der Waals surface area contributed by atoms with Gasteiger partial charge in [0, 0.05) is 5.54 Å². The Balaban J connectivity index is 1.89. The number of carbonyl (C=O) groups excluding carboxylic acids is 1. The Hall–Kier alpha value is -0.570. The van der Waals surface area contributed by atoms with Crippen LogP contribution in [0.25, 0.3) is 0 Å². The van der Waals surface area contributed by atoms with E-state index >= 15 is 0 Å². The van der Waals surface area contributed by atoms with Crippen molar-refractivity contribution >= 4 is 5.97 Å². The monoisotopic (exact) mass is 209 g/mol. The van der Waals surface area contributed by atoms with Gasteiger partial charge in [0.25, 0.3) is 0 Å². The minimum absolute atomic E-state index is 0.00863. The second-order valence-corrected chi connectivity index (χ2v) is 5.26. The van der Waals surface area contributed by atoms with Gasteiger partial charge in [0.1, 0.15) is 6.04 Å². The summed E-state index contributed by atoms with van der Waals surface area (Å²) < 4.78 is 4.92. The van der Waals surface area contributed by atoms with Gasteiger partial charge in [0.2, 0.25) is 0 Å². The van der Waals surface area contributed by atoms with Gasteiger partial charge in [-0.05, 0) is 44.6 Å². The summed E-state index contributed by atoms with van der Waals surface area (Å²) in [5.74, 6) is 0.759. The molecule has 0 bridgehead atoms. The number of methoxy groups -OCH3 is 1. The van der Waals surface area contributed by atoms with Gasteiger partial charge in [0.05, 0.1) is 7.11 Å². The minimum Gasteiger partial charge on any atom is -0.468 e. The Morgan fingerprint density at radius 3 is 3.00 bits per heavy atom. The fourth-order valence-electron chi connectivity index (χ4n) is 4.32. The first-order chi connectivity index (χ1) is 7.28. The lowest BCUT2D eigenvalue weighted by Crippen LogP contribution is -2.45. The number of carbonyl (C=O) groups is 1. The second kappa shape index (κ2) is 3.21. The van der Waals surface area contributed by atoms with E-state index in [1.54, 1.807) is 0 Å². The number of rotatable bonds is 1. The van der Waals surface area contributed by atoms with Crippen LogP contribution in [-0.4, -0.2) is 36.1 Å². The summed E-state index contributed by atoms with van der Waals surface area (Å²) >= 11 is 0. The molecule has 3 fully saturated rings. The van der Waals surface area contributed by atoms with E-state index in [2.05, 4.69) is 4.90 Å². The van der Waals surface area contributed by atoms with Crippen LogP contribution in [0.1, 0.15) is 38.5 Å². The van der Waals surface area contributed by atoms with E-state index < -0.39 is 0 Å². The molecule has 0 amide bonds. The Kier molecular flexibility index (Phi) is 2.06. The van der Waals surface area contributed by atoms with Crippen LogP contribution in [0.5, 0.6) is 0 Å². The summed E-state index contributed by atoms with van der Waals surface area (Å²) in [5.41, 5.74) is 0.402. The highest BCUT2D eigenvalue weighted by Crippen LogP contribution is 2.55. The molecule has 1 spiro atoms. The van der Waals surface area contributed by atoms with Crippen LogP contribution < -0.4 is 0 Å². The van der Waals surface area contributed by atoms with Crippen LogP contribution in [0.2, 0.25) is 0 Å². The first-order valence-corrected chi connectivity index (χ1v) is 6.12. The topological polar surface area (TPSA) is 29.5 Å². The molecule has 3 heteroatoms. The van der Waals surface area contributed by atoms with Crippen LogP contribution in [0.4, 0.5) is 0 Å². The molecule has 0 aromatic rings. The third-order valence-electron chi connectivity index (χ3n) is 4.86. The highest BCUT2D eigenvalue weighted by Gasteiger charge is 2.59. The smallest absolute Gasteiger partial charge is 0.323 e. The lowest BCUT2D eigenvalue weighted by atomic mass is 9.86. The second-order valence-electron chi connectivity index (χ2n) is 5.26. The quantitative estimate of drug-likeness (QED) is 0.614. The van der Waals surface area contributed by atoms with Crippen LogP contribution >= 0.6 is 0 Å². The summed E-state index contributed by atoms with van der Waals surface area (Å²) in [6.07, 6.45) is 7.62. The Labute approximate surface area is 90.8 Å². The van der Waals surface area contributed by atoms with Crippen LogP contribution in [-0.2, 0) is 9.53 Å². The van der Waals surface area contributed by atoms with Crippen molar-refractivity contribution in [3.63, 3.8) is 0 Å². The summed E-state index contributed by atoms with van der Waals surface area (Å²) in [4.78, 5) is 14.2. The lowest BCUT2D eigenvalue weighted by molar-refractivity contribution is -0.146. The third kappa shape index (κ3) is 1.13. The Morgan fingerprint density at radius 1 is 1.40 bits per heavy atom. The zero-order valence-corrected chi connectivity index (χ0v) is 9.37. The predicted molar refractivity (Wildman–Crippen MR) is 56.4 cm³/mol. The van der Waals surface area contributed by atoms with Crippen molar-refractivity contribution in [2.45, 2.75) is 50.1 Å². The molecule has 1 unspecified atom stereocenters. The first-order valence-electron chi connectivity index (χ1n) is 6.12. The van der Waals surface area contributed by atoms with E-state index in [-0.39, 0.29) is 12.0 Å². The van der Waals surface area contributed by atoms with Crippen molar-refractivity contribution in [3.05, 3.63) is 0 Å². The Bertz CT molecular complexity index is 287. The van der Waals surface area contributed by atoms with E-state index in [0.717, 1.165) is 18.9 Å². The van der Waals surface area contributed by atoms with Crippen molar-refractivity contribution in [2.24, 2.45) is 5.92 Å². The van der Waals surface area contributed by atoms with E-state index in [4.69, 9.17) is 4.74 Å². The molecule has 84 valence electrons. The van der Waals surface area contributed by atoms with E-state index in [1.807, 2.05) is 0 Å². The largest absolute Gasteiger partial charge is 0.468 e. The van der Waals surface area contributed by atoms with Gasteiger partial charge >= 0.3 is 5.97 Å². The van der Waals surface area contributed by atoms with Gasteiger partial charge in [-0.2, -0.15) is 0 Å². The normalized spacial score (nSPS) is 44.1. The van der Waals surface area contributed by atoms with Gasteiger partial charge in [-0.1, -0.05) is 6.42 Å². The van der Waals surface area contributed by atoms with Crippen molar-refractivity contribution in [1.29, 1.82) is 0 Å². The molecular formula is C12H19NO2. The van der Waals surface area contributed by atoms with Crippen molar-refractivity contribution in [1.82, 2.24) is 4.90 Å². The van der Waals surface area contributed by atoms with Crippen LogP contribution in [0, 0.1) is 5.92 Å². The summed E-state index contributed by atoms with van der Waals surface area (Å²) in [7, 11) is 1.51. The number of hydrogen-bond donors (Lipinski definition) is 0. The molecule has 0 N–H and O–H groups in total. The molecule has 2 heterocycles. The van der Waals surface area contributed by atoms with E-state index in [9.17, 15) is 4.79 Å². The Morgan fingerprint density at radius 2 is 2.20 bits per heavy atom. The summed E-state index contributed by atoms with van der Waals surface area (Å²) in [6, 6.07) is 0.0720. The van der Waals surface area contributed by atoms with Gasteiger partial charge in [-0.3, -0.25) is 9.69 Å². The fraction of sp³-hybridized carbons (Fsp3) is 0.917. The van der Waals surface area contributed by atoms with Crippen molar-refractivity contribution in [3.8, 4) is 0 Å². The number of ether oxygens (including phenoxy) is 1. The molecule has 3 atom stereocenters. The van der Waals surface area contributed by atoms with Gasteiger partial charge in [-0.15, -0.1) is 0 Å². The van der Waals surface area contributed by atoms with E-state index in [1.165, 1.54) is 39.2 Å². The predicted octanol–water partition coefficient (Wildman–Crippen LogP) is 1.57.